The lowest BCUT2D eigenvalue weighted by molar-refractivity contribution is -0.197. The highest BCUT2D eigenvalue weighted by Crippen LogP contribution is 2.43. The second-order valence-corrected chi connectivity index (χ2v) is 9.76. The summed E-state index contributed by atoms with van der Waals surface area (Å²) in [6.07, 6.45) is 3.92. The van der Waals surface area contributed by atoms with Gasteiger partial charge in [0, 0.05) is 20.1 Å². The molecule has 35 heavy (non-hydrogen) atoms. The van der Waals surface area contributed by atoms with Crippen LogP contribution in [0, 0.1) is 0 Å². The summed E-state index contributed by atoms with van der Waals surface area (Å²) in [6.45, 7) is 8.54. The second-order valence-electron chi connectivity index (χ2n) is 9.76. The number of carbonyl (C=O) groups is 1. The lowest BCUT2D eigenvalue weighted by atomic mass is 10.1. The third kappa shape index (κ3) is 4.68. The van der Waals surface area contributed by atoms with Crippen LogP contribution in [0.4, 0.5) is 0 Å². The number of fused-ring (bicyclic) bond motifs is 2. The summed E-state index contributed by atoms with van der Waals surface area (Å²) in [5.74, 6) is -1.25. The fourth-order valence-corrected chi connectivity index (χ4v) is 4.99. The number of aromatic nitrogens is 4. The minimum Gasteiger partial charge on any atom is -0.357 e. The zero-order valence-corrected chi connectivity index (χ0v) is 21.3. The number of nitrogens with one attached hydrogen (secondary N) is 1. The number of amides is 1. The van der Waals surface area contributed by atoms with Crippen molar-refractivity contribution < 1.29 is 19.0 Å². The monoisotopic (exact) mass is 491 g/mol. The molecule has 2 saturated heterocycles. The first-order valence-electron chi connectivity index (χ1n) is 12.7. The van der Waals surface area contributed by atoms with Crippen molar-refractivity contribution in [3.05, 3.63) is 27.2 Å². The molecule has 0 spiro atoms. The normalized spacial score (nSPS) is 25.3. The van der Waals surface area contributed by atoms with Gasteiger partial charge < -0.3 is 19.5 Å². The predicted octanol–water partition coefficient (Wildman–Crippen LogP) is 1.90. The van der Waals surface area contributed by atoms with Gasteiger partial charge in [0.15, 0.2) is 29.3 Å². The Morgan fingerprint density at radius 2 is 1.66 bits per heavy atom. The number of imidazole rings is 1. The van der Waals surface area contributed by atoms with E-state index >= 15 is 0 Å². The van der Waals surface area contributed by atoms with Gasteiger partial charge in [-0.15, -0.1) is 0 Å². The average molecular weight is 492 g/mol. The Morgan fingerprint density at radius 3 is 2.29 bits per heavy atom. The predicted molar refractivity (Wildman–Crippen MR) is 129 cm³/mol. The molecule has 2 aromatic rings. The lowest BCUT2D eigenvalue weighted by Gasteiger charge is -2.24. The molecule has 2 fully saturated rings. The minimum atomic E-state index is -0.914. The van der Waals surface area contributed by atoms with E-state index in [1.54, 1.807) is 23.0 Å². The number of ether oxygens (including phenoxy) is 3. The number of unbranched alkanes of at least 4 members (excludes halogenated alkanes) is 4. The Morgan fingerprint density at radius 1 is 1.03 bits per heavy atom. The van der Waals surface area contributed by atoms with Crippen molar-refractivity contribution >= 4 is 17.1 Å². The lowest BCUT2D eigenvalue weighted by Crippen LogP contribution is -2.41. The van der Waals surface area contributed by atoms with Crippen LogP contribution >= 0.6 is 0 Å². The number of hydrogen-bond acceptors (Lipinski definition) is 7. The number of rotatable bonds is 10. The van der Waals surface area contributed by atoms with Crippen molar-refractivity contribution in [3.63, 3.8) is 0 Å². The SMILES string of the molecule is CCCCCn1c(=O)c2c(ncn2[C@@H]2O[C@H](C(=O)NC)[C@H]3OC(C)(C)O[C@H]32)n(CCCCC)c1=O. The molecule has 2 aliphatic rings. The fraction of sp³-hybridized carbons (Fsp3) is 0.750. The number of carbonyl (C=O) groups excluding carboxylic acids is 1. The van der Waals surface area contributed by atoms with Crippen LogP contribution in [0.3, 0.4) is 0 Å². The Hall–Kier alpha value is -2.50. The van der Waals surface area contributed by atoms with E-state index in [1.807, 2.05) is 0 Å². The zero-order chi connectivity index (χ0) is 25.3. The van der Waals surface area contributed by atoms with Crippen molar-refractivity contribution in [3.8, 4) is 0 Å². The molecule has 4 rings (SSSR count). The van der Waals surface area contributed by atoms with E-state index in [0.717, 1.165) is 38.5 Å². The van der Waals surface area contributed by atoms with Gasteiger partial charge in [-0.05, 0) is 26.7 Å². The topological polar surface area (TPSA) is 119 Å². The van der Waals surface area contributed by atoms with Gasteiger partial charge in [-0.2, -0.15) is 0 Å². The Labute approximate surface area is 204 Å². The van der Waals surface area contributed by atoms with E-state index in [-0.39, 0.29) is 17.1 Å². The third-order valence-electron chi connectivity index (χ3n) is 6.72. The average Bonchev–Trinajstić information content (AvgIpc) is 3.48. The number of hydrogen-bond donors (Lipinski definition) is 1. The van der Waals surface area contributed by atoms with E-state index in [9.17, 15) is 14.4 Å². The molecule has 194 valence electrons. The minimum absolute atomic E-state index is 0.271. The molecule has 0 radical (unpaired) electrons. The Balaban J connectivity index is 1.83. The van der Waals surface area contributed by atoms with Gasteiger partial charge in [-0.3, -0.25) is 23.3 Å². The van der Waals surface area contributed by atoms with Gasteiger partial charge in [0.1, 0.15) is 12.2 Å². The second kappa shape index (κ2) is 10.2. The quantitative estimate of drug-likeness (QED) is 0.504. The van der Waals surface area contributed by atoms with Crippen LogP contribution < -0.4 is 16.6 Å². The van der Waals surface area contributed by atoms with E-state index in [4.69, 9.17) is 14.2 Å². The van der Waals surface area contributed by atoms with Crippen LogP contribution in [-0.4, -0.2) is 55.7 Å². The number of nitrogens with zero attached hydrogens (tertiary/aromatic N) is 4. The highest BCUT2D eigenvalue weighted by Gasteiger charge is 2.58. The smallest absolute Gasteiger partial charge is 0.332 e. The molecule has 11 heteroatoms. The molecule has 2 aromatic heterocycles. The van der Waals surface area contributed by atoms with Gasteiger partial charge in [-0.1, -0.05) is 39.5 Å². The summed E-state index contributed by atoms with van der Waals surface area (Å²) < 4.78 is 22.7. The van der Waals surface area contributed by atoms with Gasteiger partial charge in [0.25, 0.3) is 11.5 Å². The molecule has 1 N–H and O–H groups in total. The largest absolute Gasteiger partial charge is 0.357 e. The summed E-state index contributed by atoms with van der Waals surface area (Å²) >= 11 is 0. The van der Waals surface area contributed by atoms with Crippen molar-refractivity contribution in [1.82, 2.24) is 24.0 Å². The fourth-order valence-electron chi connectivity index (χ4n) is 4.99. The molecule has 4 atom stereocenters. The van der Waals surface area contributed by atoms with Crippen molar-refractivity contribution in [1.29, 1.82) is 0 Å². The maximum atomic E-state index is 13.6. The van der Waals surface area contributed by atoms with Crippen LogP contribution in [0.2, 0.25) is 0 Å². The van der Waals surface area contributed by atoms with Gasteiger partial charge >= 0.3 is 5.69 Å². The highest BCUT2D eigenvalue weighted by molar-refractivity contribution is 5.81. The molecule has 0 bridgehead atoms. The molecular weight excluding hydrogens is 454 g/mol. The molecule has 0 saturated carbocycles. The third-order valence-corrected chi connectivity index (χ3v) is 6.72. The van der Waals surface area contributed by atoms with E-state index in [0.29, 0.717) is 18.7 Å². The van der Waals surface area contributed by atoms with Crippen molar-refractivity contribution in [2.45, 2.75) is 110 Å². The standard InChI is InChI=1S/C24H37N5O6/c1-6-8-10-12-27-19-15(21(31)28(23(27)32)13-11-9-7-2)29(14-26-19)22-18-16(34-24(3,4)35-18)17(33-22)20(30)25-5/h14,16-18,22H,6-13H2,1-5H3,(H,25,30)/t16-,17+,18-,22-/m1/s1. The first-order chi connectivity index (χ1) is 16.7. The van der Waals surface area contributed by atoms with Crippen molar-refractivity contribution in [2.75, 3.05) is 7.05 Å². The molecule has 1 amide bonds. The zero-order valence-electron chi connectivity index (χ0n) is 21.3. The van der Waals surface area contributed by atoms with Crippen molar-refractivity contribution in [2.24, 2.45) is 0 Å². The molecule has 0 aliphatic carbocycles. The molecule has 4 heterocycles. The van der Waals surface area contributed by atoms with Crippen LogP contribution in [0.25, 0.3) is 11.2 Å². The van der Waals surface area contributed by atoms with Crippen LogP contribution in [0.5, 0.6) is 0 Å². The molecular formula is C24H37N5O6. The van der Waals surface area contributed by atoms with Gasteiger partial charge in [0.2, 0.25) is 0 Å². The van der Waals surface area contributed by atoms with Gasteiger partial charge in [0.05, 0.1) is 6.33 Å². The molecule has 0 aromatic carbocycles. The molecule has 2 aliphatic heterocycles. The Bertz CT molecular complexity index is 1180. The first-order valence-corrected chi connectivity index (χ1v) is 12.7. The van der Waals surface area contributed by atoms with E-state index < -0.39 is 35.9 Å². The van der Waals surface area contributed by atoms with Crippen LogP contribution in [0.1, 0.15) is 72.4 Å². The summed E-state index contributed by atoms with van der Waals surface area (Å²) in [5, 5.41) is 2.61. The summed E-state index contributed by atoms with van der Waals surface area (Å²) in [7, 11) is 1.53. The summed E-state index contributed by atoms with van der Waals surface area (Å²) in [4.78, 5) is 44.0. The molecule has 11 nitrogen and oxygen atoms in total. The maximum absolute atomic E-state index is 13.6. The Kier molecular flexibility index (Phi) is 7.48. The van der Waals surface area contributed by atoms with Crippen LogP contribution in [-0.2, 0) is 32.1 Å². The maximum Gasteiger partial charge on any atom is 0.332 e. The highest BCUT2D eigenvalue weighted by atomic mass is 16.8. The number of likely N-dealkylation sites (N-methyl/N-ethyl adjacent to an activating group) is 1. The summed E-state index contributed by atoms with van der Waals surface area (Å²) in [5.41, 5.74) is -0.154. The van der Waals surface area contributed by atoms with E-state index in [1.165, 1.54) is 17.9 Å². The number of aryl methyl sites for hydroxylation is 1. The van der Waals surface area contributed by atoms with Crippen LogP contribution in [0.15, 0.2) is 15.9 Å². The first kappa shape index (κ1) is 25.6. The van der Waals surface area contributed by atoms with Gasteiger partial charge in [-0.25, -0.2) is 9.78 Å². The summed E-state index contributed by atoms with van der Waals surface area (Å²) in [6, 6.07) is 0. The van der Waals surface area contributed by atoms with E-state index in [2.05, 4.69) is 24.1 Å². The molecule has 0 unspecified atom stereocenters.